The van der Waals surface area contributed by atoms with E-state index in [-0.39, 0.29) is 5.82 Å². The molecule has 1 aromatic rings. The zero-order valence-electron chi connectivity index (χ0n) is 10.2. The lowest BCUT2D eigenvalue weighted by Gasteiger charge is -2.38. The fraction of sp³-hybridized carbons (Fsp3) is 0.600. The molecule has 92 valence electrons. The van der Waals surface area contributed by atoms with Gasteiger partial charge in [-0.15, -0.1) is 0 Å². The maximum atomic E-state index is 14.0. The molecule has 0 amide bonds. The van der Waals surface area contributed by atoms with Gasteiger partial charge in [-0.05, 0) is 29.9 Å². The van der Waals surface area contributed by atoms with Crippen LogP contribution in [0.5, 0.6) is 0 Å². The van der Waals surface area contributed by atoms with Crippen molar-refractivity contribution in [2.24, 2.45) is 5.41 Å². The van der Waals surface area contributed by atoms with Crippen molar-refractivity contribution in [2.75, 3.05) is 13.1 Å². The van der Waals surface area contributed by atoms with Gasteiger partial charge in [0.25, 0.3) is 0 Å². The molecule has 1 spiro atoms. The highest BCUT2D eigenvalue weighted by Crippen LogP contribution is 2.49. The van der Waals surface area contributed by atoms with E-state index in [9.17, 15) is 4.39 Å². The van der Waals surface area contributed by atoms with Gasteiger partial charge in [0.2, 0.25) is 0 Å². The van der Waals surface area contributed by atoms with E-state index >= 15 is 0 Å². The third-order valence-corrected chi connectivity index (χ3v) is 4.69. The molecular weight excluding hydrogens is 213 g/mol. The van der Waals surface area contributed by atoms with Crippen molar-refractivity contribution < 1.29 is 4.39 Å². The predicted molar refractivity (Wildman–Crippen MR) is 67.5 cm³/mol. The van der Waals surface area contributed by atoms with Gasteiger partial charge < -0.3 is 5.32 Å². The van der Waals surface area contributed by atoms with Crippen molar-refractivity contribution in [3.63, 3.8) is 0 Å². The summed E-state index contributed by atoms with van der Waals surface area (Å²) in [6, 6.07) is 7.33. The molecule has 2 aliphatic rings. The highest BCUT2D eigenvalue weighted by molar-refractivity contribution is 5.26. The van der Waals surface area contributed by atoms with E-state index in [1.54, 1.807) is 12.1 Å². The second-order valence-electron chi connectivity index (χ2n) is 5.63. The summed E-state index contributed by atoms with van der Waals surface area (Å²) in [5, 5.41) is 3.49. The van der Waals surface area contributed by atoms with E-state index < -0.39 is 0 Å². The maximum Gasteiger partial charge on any atom is 0.126 e. The molecule has 1 N–H and O–H groups in total. The quantitative estimate of drug-likeness (QED) is 0.783. The Labute approximate surface area is 102 Å². The van der Waals surface area contributed by atoms with E-state index in [1.165, 1.54) is 32.1 Å². The molecule has 1 atom stereocenters. The molecule has 3 rings (SSSR count). The topological polar surface area (TPSA) is 12.0 Å². The van der Waals surface area contributed by atoms with Crippen LogP contribution in [0, 0.1) is 11.2 Å². The summed E-state index contributed by atoms with van der Waals surface area (Å²) in [5.74, 6) is 0.357. The second-order valence-corrected chi connectivity index (χ2v) is 5.63. The van der Waals surface area contributed by atoms with Crippen molar-refractivity contribution in [3.05, 3.63) is 35.6 Å². The minimum Gasteiger partial charge on any atom is -0.316 e. The van der Waals surface area contributed by atoms with Gasteiger partial charge >= 0.3 is 0 Å². The van der Waals surface area contributed by atoms with Crippen molar-refractivity contribution in [1.29, 1.82) is 0 Å². The van der Waals surface area contributed by atoms with Gasteiger partial charge in [0.05, 0.1) is 0 Å². The summed E-state index contributed by atoms with van der Waals surface area (Å²) >= 11 is 0. The smallest absolute Gasteiger partial charge is 0.126 e. The first-order chi connectivity index (χ1) is 8.32. The second kappa shape index (κ2) is 4.41. The first kappa shape index (κ1) is 11.2. The van der Waals surface area contributed by atoms with Gasteiger partial charge in [0.15, 0.2) is 0 Å². The Kier molecular flexibility index (Phi) is 2.91. The number of hydrogen-bond donors (Lipinski definition) is 1. The van der Waals surface area contributed by atoms with Crippen LogP contribution in [0.1, 0.15) is 43.6 Å². The zero-order valence-corrected chi connectivity index (χ0v) is 10.2. The minimum atomic E-state index is -0.0221. The van der Waals surface area contributed by atoms with Gasteiger partial charge in [-0.1, -0.05) is 37.5 Å². The summed E-state index contributed by atoms with van der Waals surface area (Å²) in [4.78, 5) is 0. The molecule has 1 saturated heterocycles. The van der Waals surface area contributed by atoms with Gasteiger partial charge in [-0.25, -0.2) is 4.39 Å². The molecule has 2 fully saturated rings. The third-order valence-electron chi connectivity index (χ3n) is 4.69. The molecule has 1 unspecified atom stereocenters. The van der Waals surface area contributed by atoms with E-state index in [1.807, 2.05) is 12.1 Å². The molecule has 0 radical (unpaired) electrons. The molecule has 1 heterocycles. The van der Waals surface area contributed by atoms with Crippen LogP contribution in [0.2, 0.25) is 0 Å². The van der Waals surface area contributed by atoms with Crippen LogP contribution in [0.3, 0.4) is 0 Å². The van der Waals surface area contributed by atoms with Crippen LogP contribution in [-0.2, 0) is 0 Å². The summed E-state index contributed by atoms with van der Waals surface area (Å²) in [5.41, 5.74) is 1.26. The van der Waals surface area contributed by atoms with Crippen molar-refractivity contribution in [3.8, 4) is 0 Å². The Morgan fingerprint density at radius 3 is 2.65 bits per heavy atom. The standard InChI is InChI=1S/C15H20FN/c16-14-7-3-2-6-12(14)13-10-17-11-15(13)8-4-1-5-9-15/h2-3,6-7,13,17H,1,4-5,8-11H2. The predicted octanol–water partition coefficient (Wildman–Crippen LogP) is 3.46. The van der Waals surface area contributed by atoms with E-state index in [0.717, 1.165) is 18.7 Å². The molecule has 2 heteroatoms. The lowest BCUT2D eigenvalue weighted by molar-refractivity contribution is 0.187. The Bertz CT molecular complexity index is 396. The lowest BCUT2D eigenvalue weighted by Crippen LogP contribution is -2.31. The Balaban J connectivity index is 1.94. The fourth-order valence-corrected chi connectivity index (χ4v) is 3.78. The highest BCUT2D eigenvalue weighted by Gasteiger charge is 2.44. The van der Waals surface area contributed by atoms with Crippen LogP contribution in [-0.4, -0.2) is 13.1 Å². The van der Waals surface area contributed by atoms with Crippen LogP contribution in [0.25, 0.3) is 0 Å². The number of nitrogens with one attached hydrogen (secondary N) is 1. The lowest BCUT2D eigenvalue weighted by atomic mass is 9.65. The number of benzene rings is 1. The summed E-state index contributed by atoms with van der Waals surface area (Å²) < 4.78 is 14.0. The van der Waals surface area contributed by atoms with Gasteiger partial charge in [0, 0.05) is 19.0 Å². The monoisotopic (exact) mass is 233 g/mol. The van der Waals surface area contributed by atoms with Crippen molar-refractivity contribution in [1.82, 2.24) is 5.32 Å². The molecule has 0 bridgehead atoms. The number of hydrogen-bond acceptors (Lipinski definition) is 1. The minimum absolute atomic E-state index is 0.0221. The molecule has 1 aromatic carbocycles. The molecule has 1 aliphatic heterocycles. The first-order valence-corrected chi connectivity index (χ1v) is 6.77. The molecular formula is C15H20FN. The van der Waals surface area contributed by atoms with Crippen molar-refractivity contribution >= 4 is 0 Å². The van der Waals surface area contributed by atoms with Crippen molar-refractivity contribution in [2.45, 2.75) is 38.0 Å². The van der Waals surface area contributed by atoms with Crippen LogP contribution in [0.4, 0.5) is 4.39 Å². The van der Waals surface area contributed by atoms with Crippen LogP contribution < -0.4 is 5.32 Å². The largest absolute Gasteiger partial charge is 0.316 e. The van der Waals surface area contributed by atoms with Crippen LogP contribution >= 0.6 is 0 Å². The first-order valence-electron chi connectivity index (χ1n) is 6.77. The third kappa shape index (κ3) is 1.89. The van der Waals surface area contributed by atoms with Gasteiger partial charge in [-0.2, -0.15) is 0 Å². The average Bonchev–Trinajstić information content (AvgIpc) is 2.74. The van der Waals surface area contributed by atoms with E-state index in [0.29, 0.717) is 11.3 Å². The van der Waals surface area contributed by atoms with Crippen LogP contribution in [0.15, 0.2) is 24.3 Å². The van der Waals surface area contributed by atoms with E-state index in [2.05, 4.69) is 5.32 Å². The SMILES string of the molecule is Fc1ccccc1C1CNCC12CCCCC2. The zero-order chi connectivity index (χ0) is 11.7. The molecule has 1 nitrogen and oxygen atoms in total. The Morgan fingerprint density at radius 2 is 1.88 bits per heavy atom. The molecule has 1 saturated carbocycles. The summed E-state index contributed by atoms with van der Waals surface area (Å²) in [7, 11) is 0. The number of halogens is 1. The fourth-order valence-electron chi connectivity index (χ4n) is 3.78. The van der Waals surface area contributed by atoms with E-state index in [4.69, 9.17) is 0 Å². The Hall–Kier alpha value is -0.890. The van der Waals surface area contributed by atoms with Gasteiger partial charge in [0.1, 0.15) is 5.82 Å². The molecule has 0 aromatic heterocycles. The maximum absolute atomic E-state index is 14.0. The molecule has 17 heavy (non-hydrogen) atoms. The summed E-state index contributed by atoms with van der Waals surface area (Å²) in [6.45, 7) is 2.02. The average molecular weight is 233 g/mol. The summed E-state index contributed by atoms with van der Waals surface area (Å²) in [6.07, 6.45) is 6.50. The highest BCUT2D eigenvalue weighted by atomic mass is 19.1. The number of rotatable bonds is 1. The molecule has 1 aliphatic carbocycles. The normalized spacial score (nSPS) is 27.5. The Morgan fingerprint density at radius 1 is 1.12 bits per heavy atom. The van der Waals surface area contributed by atoms with Gasteiger partial charge in [-0.3, -0.25) is 0 Å².